The van der Waals surface area contributed by atoms with Crippen molar-refractivity contribution in [1.82, 2.24) is 19.9 Å². The van der Waals surface area contributed by atoms with Gasteiger partial charge < -0.3 is 14.7 Å². The number of carbonyl (C=O) groups is 1. The first-order valence-corrected chi connectivity index (χ1v) is 10.6. The SMILES string of the molecule is Cc1nc(CN2CCOC3(CCCN(c4cnccn4)C3)C2)cs1.O=C(O)C(F)(F)F. The van der Waals surface area contributed by atoms with Crippen LogP contribution in [0.15, 0.2) is 24.0 Å². The Balaban J connectivity index is 0.000000339. The van der Waals surface area contributed by atoms with Gasteiger partial charge in [0.15, 0.2) is 0 Å². The van der Waals surface area contributed by atoms with E-state index in [1.165, 1.54) is 5.69 Å². The van der Waals surface area contributed by atoms with Crippen LogP contribution in [0.2, 0.25) is 0 Å². The average molecular weight is 459 g/mol. The van der Waals surface area contributed by atoms with Crippen molar-refractivity contribution < 1.29 is 27.8 Å². The zero-order valence-electron chi connectivity index (χ0n) is 17.0. The monoisotopic (exact) mass is 459 g/mol. The molecule has 4 heterocycles. The number of nitrogens with zero attached hydrogens (tertiary/aromatic N) is 5. The molecule has 0 amide bonds. The zero-order chi connectivity index (χ0) is 22.5. The molecule has 1 spiro atoms. The molecule has 2 saturated heterocycles. The fourth-order valence-corrected chi connectivity index (χ4v) is 4.37. The van der Waals surface area contributed by atoms with E-state index in [4.69, 9.17) is 14.6 Å². The fourth-order valence-electron chi connectivity index (χ4n) is 3.76. The van der Waals surface area contributed by atoms with Gasteiger partial charge in [-0.3, -0.25) is 9.88 Å². The molecule has 1 N–H and O–H groups in total. The van der Waals surface area contributed by atoms with Gasteiger partial charge in [-0.15, -0.1) is 11.3 Å². The summed E-state index contributed by atoms with van der Waals surface area (Å²) in [6.07, 6.45) is 2.47. The van der Waals surface area contributed by atoms with Crippen LogP contribution in [-0.4, -0.2) is 75.5 Å². The van der Waals surface area contributed by atoms with E-state index in [0.717, 1.165) is 63.0 Å². The van der Waals surface area contributed by atoms with E-state index in [1.807, 2.05) is 6.20 Å². The van der Waals surface area contributed by atoms with E-state index in [1.54, 1.807) is 23.7 Å². The lowest BCUT2D eigenvalue weighted by molar-refractivity contribution is -0.192. The maximum atomic E-state index is 10.6. The molecule has 0 radical (unpaired) electrons. The van der Waals surface area contributed by atoms with Crippen LogP contribution in [0.3, 0.4) is 0 Å². The number of carboxylic acid groups (broad SMARTS) is 1. The van der Waals surface area contributed by atoms with Crippen molar-refractivity contribution in [2.24, 2.45) is 0 Å². The van der Waals surface area contributed by atoms with Gasteiger partial charge in [0.25, 0.3) is 0 Å². The molecule has 4 rings (SSSR count). The van der Waals surface area contributed by atoms with Gasteiger partial charge >= 0.3 is 12.1 Å². The lowest BCUT2D eigenvalue weighted by Crippen LogP contribution is -2.59. The molecule has 1 unspecified atom stereocenters. The molecule has 1 atom stereocenters. The van der Waals surface area contributed by atoms with Crippen molar-refractivity contribution in [2.75, 3.05) is 37.7 Å². The highest BCUT2D eigenvalue weighted by Crippen LogP contribution is 2.31. The molecule has 2 aliphatic rings. The van der Waals surface area contributed by atoms with Crippen LogP contribution in [-0.2, 0) is 16.1 Å². The summed E-state index contributed by atoms with van der Waals surface area (Å²) in [5.41, 5.74) is 1.08. The minimum Gasteiger partial charge on any atom is -0.475 e. The van der Waals surface area contributed by atoms with Crippen LogP contribution in [0.4, 0.5) is 19.0 Å². The second-order valence-electron chi connectivity index (χ2n) is 7.49. The number of ether oxygens (including phenoxy) is 1. The Morgan fingerprint density at radius 1 is 1.32 bits per heavy atom. The van der Waals surface area contributed by atoms with Crippen LogP contribution in [0, 0.1) is 6.92 Å². The van der Waals surface area contributed by atoms with Gasteiger partial charge in [-0.1, -0.05) is 0 Å². The number of aromatic nitrogens is 3. The third-order valence-corrected chi connectivity index (χ3v) is 5.86. The fraction of sp³-hybridized carbons (Fsp3) is 0.579. The smallest absolute Gasteiger partial charge is 0.475 e. The molecular formula is C19H24F3N5O3S. The predicted molar refractivity (Wildman–Crippen MR) is 108 cm³/mol. The first-order valence-electron chi connectivity index (χ1n) is 9.75. The topological polar surface area (TPSA) is 91.7 Å². The standard InChI is InChI=1S/C17H23N5OS.C2HF3O2/c1-14-20-15(11-24-14)10-21-7-8-23-17(12-21)3-2-6-22(13-17)16-9-18-4-5-19-16;3-2(4,5)1(6)7/h4-5,9,11H,2-3,6-8,10,12-13H2,1H3;(H,6,7). The molecule has 8 nitrogen and oxygen atoms in total. The molecule has 12 heteroatoms. The number of anilines is 1. The van der Waals surface area contributed by atoms with Crippen molar-refractivity contribution in [1.29, 1.82) is 0 Å². The van der Waals surface area contributed by atoms with Gasteiger partial charge in [0.05, 0.1) is 29.1 Å². The quantitative estimate of drug-likeness (QED) is 0.749. The number of hydrogen-bond acceptors (Lipinski definition) is 8. The van der Waals surface area contributed by atoms with Crippen molar-refractivity contribution >= 4 is 23.1 Å². The molecule has 0 bridgehead atoms. The lowest BCUT2D eigenvalue weighted by Gasteiger charge is -2.48. The Morgan fingerprint density at radius 3 is 2.71 bits per heavy atom. The van der Waals surface area contributed by atoms with Gasteiger partial charge in [0, 0.05) is 50.5 Å². The van der Waals surface area contributed by atoms with Crippen molar-refractivity contribution in [3.05, 3.63) is 34.7 Å². The van der Waals surface area contributed by atoms with E-state index < -0.39 is 12.1 Å². The number of aliphatic carboxylic acids is 1. The molecule has 0 saturated carbocycles. The van der Waals surface area contributed by atoms with Gasteiger partial charge in [0.1, 0.15) is 5.82 Å². The second kappa shape index (κ2) is 9.88. The third-order valence-electron chi connectivity index (χ3n) is 5.04. The highest BCUT2D eigenvalue weighted by atomic mass is 32.1. The van der Waals surface area contributed by atoms with Gasteiger partial charge in [0.2, 0.25) is 0 Å². The summed E-state index contributed by atoms with van der Waals surface area (Å²) in [5.74, 6) is -1.81. The number of halogens is 3. The summed E-state index contributed by atoms with van der Waals surface area (Å²) in [6.45, 7) is 7.62. The van der Waals surface area contributed by atoms with Crippen molar-refractivity contribution in [3.63, 3.8) is 0 Å². The summed E-state index contributed by atoms with van der Waals surface area (Å²) < 4.78 is 38.0. The minimum absolute atomic E-state index is 0.0981. The third kappa shape index (κ3) is 6.58. The highest BCUT2D eigenvalue weighted by molar-refractivity contribution is 7.09. The van der Waals surface area contributed by atoms with Crippen LogP contribution < -0.4 is 4.90 Å². The Labute approximate surface area is 181 Å². The highest BCUT2D eigenvalue weighted by Gasteiger charge is 2.41. The van der Waals surface area contributed by atoms with Crippen LogP contribution >= 0.6 is 11.3 Å². The lowest BCUT2D eigenvalue weighted by atomic mass is 9.90. The van der Waals surface area contributed by atoms with Gasteiger partial charge in [-0.25, -0.2) is 14.8 Å². The summed E-state index contributed by atoms with van der Waals surface area (Å²) in [7, 11) is 0. The van der Waals surface area contributed by atoms with Gasteiger partial charge in [-0.05, 0) is 19.8 Å². The number of hydrogen-bond donors (Lipinski definition) is 1. The Hall–Kier alpha value is -2.31. The first kappa shape index (κ1) is 23.4. The average Bonchev–Trinajstić information content (AvgIpc) is 3.13. The van der Waals surface area contributed by atoms with E-state index >= 15 is 0 Å². The number of thiazole rings is 1. The minimum atomic E-state index is -5.08. The number of morpholine rings is 1. The molecule has 2 aliphatic heterocycles. The van der Waals surface area contributed by atoms with E-state index in [9.17, 15) is 13.2 Å². The Kier molecular flexibility index (Phi) is 7.44. The molecule has 0 aromatic carbocycles. The number of carboxylic acids is 1. The normalized spacial score (nSPS) is 22.1. The summed E-state index contributed by atoms with van der Waals surface area (Å²) in [5, 5.41) is 10.4. The second-order valence-corrected chi connectivity index (χ2v) is 8.55. The number of aryl methyl sites for hydroxylation is 1. The Morgan fingerprint density at radius 2 is 2.10 bits per heavy atom. The molecular weight excluding hydrogens is 435 g/mol. The number of piperidine rings is 1. The van der Waals surface area contributed by atoms with E-state index in [-0.39, 0.29) is 5.60 Å². The van der Waals surface area contributed by atoms with Crippen LogP contribution in [0.1, 0.15) is 23.5 Å². The number of alkyl halides is 3. The molecule has 170 valence electrons. The maximum Gasteiger partial charge on any atom is 0.490 e. The van der Waals surface area contributed by atoms with Crippen molar-refractivity contribution in [3.8, 4) is 0 Å². The zero-order valence-corrected chi connectivity index (χ0v) is 17.8. The Bertz CT molecular complexity index is 863. The summed E-state index contributed by atoms with van der Waals surface area (Å²) >= 11 is 1.73. The van der Waals surface area contributed by atoms with Crippen LogP contribution in [0.25, 0.3) is 0 Å². The molecule has 31 heavy (non-hydrogen) atoms. The maximum absolute atomic E-state index is 10.6. The van der Waals surface area contributed by atoms with E-state index in [2.05, 4.69) is 37.1 Å². The van der Waals surface area contributed by atoms with Crippen LogP contribution in [0.5, 0.6) is 0 Å². The molecule has 2 aromatic rings. The molecule has 0 aliphatic carbocycles. The molecule has 2 aromatic heterocycles. The predicted octanol–water partition coefficient (Wildman–Crippen LogP) is 2.75. The van der Waals surface area contributed by atoms with E-state index in [0.29, 0.717) is 0 Å². The molecule has 2 fully saturated rings. The first-order chi connectivity index (χ1) is 14.7. The largest absolute Gasteiger partial charge is 0.490 e. The van der Waals surface area contributed by atoms with Gasteiger partial charge in [-0.2, -0.15) is 13.2 Å². The summed E-state index contributed by atoms with van der Waals surface area (Å²) in [6, 6.07) is 0. The summed E-state index contributed by atoms with van der Waals surface area (Å²) in [4.78, 5) is 27.0. The van der Waals surface area contributed by atoms with Crippen molar-refractivity contribution in [2.45, 2.75) is 38.1 Å². The number of rotatable bonds is 3.